The molecule has 0 unspecified atom stereocenters. The van der Waals surface area contributed by atoms with Crippen LogP contribution in [0.1, 0.15) is 38.1 Å². The van der Waals surface area contributed by atoms with Crippen LogP contribution in [-0.2, 0) is 9.53 Å². The molecule has 7 nitrogen and oxygen atoms in total. The summed E-state index contributed by atoms with van der Waals surface area (Å²) in [7, 11) is 0. The Morgan fingerprint density at radius 3 is 2.41 bits per heavy atom. The third-order valence-electron chi connectivity index (χ3n) is 2.46. The number of phenols is 1. The molecule has 0 radical (unpaired) electrons. The van der Waals surface area contributed by atoms with Gasteiger partial charge in [0.15, 0.2) is 6.10 Å². The van der Waals surface area contributed by atoms with Gasteiger partial charge in [0.2, 0.25) is 0 Å². The van der Waals surface area contributed by atoms with Crippen LogP contribution in [0.3, 0.4) is 0 Å². The molecule has 0 saturated carbocycles. The molecule has 0 spiro atoms. The topological polar surface area (TPSA) is 105 Å². The first kappa shape index (κ1) is 17.5. The first-order valence-electron chi connectivity index (χ1n) is 6.71. The summed E-state index contributed by atoms with van der Waals surface area (Å²) in [6.07, 6.45) is -1.15. The number of imide groups is 1. The van der Waals surface area contributed by atoms with E-state index in [1.165, 1.54) is 31.2 Å². The van der Waals surface area contributed by atoms with Crippen molar-refractivity contribution in [2.45, 2.75) is 39.3 Å². The number of aromatic hydroxyl groups is 1. The molecule has 0 heterocycles. The number of carbonyl (C=O) groups is 3. The molecule has 1 aromatic carbocycles. The van der Waals surface area contributed by atoms with Crippen LogP contribution in [0.2, 0.25) is 0 Å². The van der Waals surface area contributed by atoms with Crippen molar-refractivity contribution in [2.75, 3.05) is 0 Å². The summed E-state index contributed by atoms with van der Waals surface area (Å²) in [6.45, 7) is 6.65. The van der Waals surface area contributed by atoms with Crippen molar-refractivity contribution < 1.29 is 24.2 Å². The summed E-state index contributed by atoms with van der Waals surface area (Å²) in [6, 6.07) is 4.88. The Balaban J connectivity index is 2.57. The molecule has 0 fully saturated rings. The Morgan fingerprint density at radius 1 is 1.23 bits per heavy atom. The van der Waals surface area contributed by atoms with E-state index < -0.39 is 29.6 Å². The van der Waals surface area contributed by atoms with Gasteiger partial charge in [-0.25, -0.2) is 9.59 Å². The second kappa shape index (κ2) is 6.93. The summed E-state index contributed by atoms with van der Waals surface area (Å²) < 4.78 is 4.94. The smallest absolute Gasteiger partial charge is 0.339 e. The highest BCUT2D eigenvalue weighted by Gasteiger charge is 2.22. The maximum Gasteiger partial charge on any atom is 0.339 e. The monoisotopic (exact) mass is 308 g/mol. The highest BCUT2D eigenvalue weighted by Crippen LogP contribution is 2.12. The van der Waals surface area contributed by atoms with Crippen molar-refractivity contribution >= 4 is 17.9 Å². The molecule has 1 atom stereocenters. The number of urea groups is 1. The molecule has 1 aromatic rings. The minimum atomic E-state index is -1.15. The number of ether oxygens (including phenoxy) is 1. The number of carbonyl (C=O) groups excluding carboxylic acids is 3. The van der Waals surface area contributed by atoms with E-state index in [0.717, 1.165) is 0 Å². The number of esters is 1. The molecular formula is C15H20N2O5. The lowest BCUT2D eigenvalue weighted by molar-refractivity contribution is -0.127. The first-order chi connectivity index (χ1) is 10.1. The van der Waals surface area contributed by atoms with Crippen LogP contribution in [0.5, 0.6) is 5.75 Å². The predicted molar refractivity (Wildman–Crippen MR) is 79.4 cm³/mol. The molecule has 0 bridgehead atoms. The Kier molecular flexibility index (Phi) is 5.50. The fourth-order valence-electron chi connectivity index (χ4n) is 1.50. The van der Waals surface area contributed by atoms with Crippen molar-refractivity contribution in [3.8, 4) is 5.75 Å². The Morgan fingerprint density at radius 2 is 1.86 bits per heavy atom. The van der Waals surface area contributed by atoms with Crippen LogP contribution in [0.25, 0.3) is 0 Å². The van der Waals surface area contributed by atoms with Crippen LogP contribution >= 0.6 is 0 Å². The number of hydrogen-bond acceptors (Lipinski definition) is 5. The summed E-state index contributed by atoms with van der Waals surface area (Å²) in [4.78, 5) is 35.1. The minimum absolute atomic E-state index is 0.0869. The summed E-state index contributed by atoms with van der Waals surface area (Å²) in [5.74, 6) is -1.60. The molecular weight excluding hydrogens is 288 g/mol. The second-order valence-corrected chi connectivity index (χ2v) is 5.79. The predicted octanol–water partition coefficient (Wildman–Crippen LogP) is 1.56. The number of phenolic OH excluding ortho intramolecular Hbond substituents is 1. The van der Waals surface area contributed by atoms with Gasteiger partial charge in [0, 0.05) is 5.54 Å². The van der Waals surface area contributed by atoms with Gasteiger partial charge in [-0.05, 0) is 45.9 Å². The van der Waals surface area contributed by atoms with E-state index in [-0.39, 0.29) is 11.3 Å². The SMILES string of the molecule is C[C@H](OC(=O)c1cccc(O)c1)C(=O)NC(=O)NC(C)(C)C. The van der Waals surface area contributed by atoms with Crippen LogP contribution in [-0.4, -0.2) is 34.7 Å². The third-order valence-corrected chi connectivity index (χ3v) is 2.46. The number of benzene rings is 1. The summed E-state index contributed by atoms with van der Waals surface area (Å²) in [5, 5.41) is 13.9. The van der Waals surface area contributed by atoms with Crippen molar-refractivity contribution in [1.29, 1.82) is 0 Å². The molecule has 0 aliphatic heterocycles. The van der Waals surface area contributed by atoms with Crippen LogP contribution in [0.4, 0.5) is 4.79 Å². The fourth-order valence-corrected chi connectivity index (χ4v) is 1.50. The van der Waals surface area contributed by atoms with Gasteiger partial charge < -0.3 is 15.2 Å². The van der Waals surface area contributed by atoms with E-state index >= 15 is 0 Å². The Hall–Kier alpha value is -2.57. The van der Waals surface area contributed by atoms with E-state index in [0.29, 0.717) is 0 Å². The van der Waals surface area contributed by atoms with Crippen molar-refractivity contribution in [1.82, 2.24) is 10.6 Å². The van der Waals surface area contributed by atoms with E-state index in [1.54, 1.807) is 20.8 Å². The summed E-state index contributed by atoms with van der Waals surface area (Å²) >= 11 is 0. The zero-order valence-corrected chi connectivity index (χ0v) is 13.0. The van der Waals surface area contributed by atoms with Crippen LogP contribution in [0, 0.1) is 0 Å². The van der Waals surface area contributed by atoms with Gasteiger partial charge in [-0.15, -0.1) is 0 Å². The summed E-state index contributed by atoms with van der Waals surface area (Å²) in [5.41, 5.74) is -0.384. The number of rotatable bonds is 3. The Labute approximate surface area is 128 Å². The largest absolute Gasteiger partial charge is 0.508 e. The van der Waals surface area contributed by atoms with Gasteiger partial charge in [0.05, 0.1) is 5.56 Å². The maximum absolute atomic E-state index is 11.8. The highest BCUT2D eigenvalue weighted by atomic mass is 16.5. The van der Waals surface area contributed by atoms with E-state index in [2.05, 4.69) is 10.6 Å². The standard InChI is InChI=1S/C15H20N2O5/c1-9(12(19)16-14(21)17-15(2,3)4)22-13(20)10-6-5-7-11(18)8-10/h5-9,18H,1-4H3,(H2,16,17,19,21)/t9-/m0/s1. The molecule has 22 heavy (non-hydrogen) atoms. The first-order valence-corrected chi connectivity index (χ1v) is 6.71. The second-order valence-electron chi connectivity index (χ2n) is 5.79. The van der Waals surface area contributed by atoms with Crippen molar-refractivity contribution in [3.05, 3.63) is 29.8 Å². The molecule has 0 aromatic heterocycles. The molecule has 3 N–H and O–H groups in total. The lowest BCUT2D eigenvalue weighted by Crippen LogP contribution is -2.50. The molecule has 0 aliphatic rings. The van der Waals surface area contributed by atoms with Crippen LogP contribution < -0.4 is 10.6 Å². The van der Waals surface area contributed by atoms with Gasteiger partial charge in [-0.3, -0.25) is 10.1 Å². The van der Waals surface area contributed by atoms with E-state index in [4.69, 9.17) is 4.74 Å². The van der Waals surface area contributed by atoms with Gasteiger partial charge in [-0.1, -0.05) is 6.07 Å². The van der Waals surface area contributed by atoms with Gasteiger partial charge >= 0.3 is 12.0 Å². The molecule has 0 saturated heterocycles. The lowest BCUT2D eigenvalue weighted by Gasteiger charge is -2.21. The zero-order chi connectivity index (χ0) is 16.9. The average Bonchev–Trinajstić information content (AvgIpc) is 2.36. The fraction of sp³-hybridized carbons (Fsp3) is 0.400. The number of nitrogens with one attached hydrogen (secondary N) is 2. The van der Waals surface area contributed by atoms with Gasteiger partial charge in [0.25, 0.3) is 5.91 Å². The number of amides is 3. The maximum atomic E-state index is 11.8. The number of hydrogen-bond donors (Lipinski definition) is 3. The average molecular weight is 308 g/mol. The quantitative estimate of drug-likeness (QED) is 0.735. The molecule has 0 aliphatic carbocycles. The molecule has 7 heteroatoms. The van der Waals surface area contributed by atoms with Crippen molar-refractivity contribution in [3.63, 3.8) is 0 Å². The normalized spacial score (nSPS) is 12.2. The molecule has 1 rings (SSSR count). The Bertz CT molecular complexity index is 578. The van der Waals surface area contributed by atoms with Gasteiger partial charge in [-0.2, -0.15) is 0 Å². The van der Waals surface area contributed by atoms with Crippen molar-refractivity contribution in [2.24, 2.45) is 0 Å². The third kappa shape index (κ3) is 5.82. The lowest BCUT2D eigenvalue weighted by atomic mass is 10.1. The molecule has 3 amide bonds. The van der Waals surface area contributed by atoms with E-state index in [9.17, 15) is 19.5 Å². The molecule has 120 valence electrons. The highest BCUT2D eigenvalue weighted by molar-refractivity contribution is 5.98. The van der Waals surface area contributed by atoms with Gasteiger partial charge in [0.1, 0.15) is 5.75 Å². The van der Waals surface area contributed by atoms with Crippen LogP contribution in [0.15, 0.2) is 24.3 Å². The van der Waals surface area contributed by atoms with E-state index in [1.807, 2.05) is 0 Å². The minimum Gasteiger partial charge on any atom is -0.508 e. The zero-order valence-electron chi connectivity index (χ0n) is 13.0.